The lowest BCUT2D eigenvalue weighted by molar-refractivity contribution is 0.284. The van der Waals surface area contributed by atoms with E-state index in [1.165, 1.54) is 49.7 Å². The van der Waals surface area contributed by atoms with Crippen LogP contribution in [0.3, 0.4) is 0 Å². The van der Waals surface area contributed by atoms with Gasteiger partial charge in [0.25, 0.3) is 0 Å². The molecular weight excluding hydrogens is 218 g/mol. The first-order chi connectivity index (χ1) is 8.78. The Labute approximate surface area is 111 Å². The second-order valence-electron chi connectivity index (χ2n) is 6.36. The first kappa shape index (κ1) is 12.2. The fourth-order valence-corrected chi connectivity index (χ4v) is 4.23. The maximum absolute atomic E-state index is 6.55. The van der Waals surface area contributed by atoms with Gasteiger partial charge in [-0.25, -0.2) is 0 Å². The SMILES string of the molecule is CCCc1cccc(C(N)C2CC3CCC2C3)c1. The number of benzene rings is 1. The number of hydrogen-bond donors (Lipinski definition) is 1. The van der Waals surface area contributed by atoms with E-state index in [9.17, 15) is 0 Å². The van der Waals surface area contributed by atoms with Crippen LogP contribution >= 0.6 is 0 Å². The summed E-state index contributed by atoms with van der Waals surface area (Å²) in [5.74, 6) is 2.66. The molecule has 18 heavy (non-hydrogen) atoms. The predicted octanol–water partition coefficient (Wildman–Crippen LogP) is 4.08. The van der Waals surface area contributed by atoms with E-state index in [1.807, 2.05) is 0 Å². The number of nitrogens with two attached hydrogens (primary N) is 1. The molecule has 4 atom stereocenters. The van der Waals surface area contributed by atoms with Crippen LogP contribution < -0.4 is 5.73 Å². The van der Waals surface area contributed by atoms with Crippen molar-refractivity contribution in [3.8, 4) is 0 Å². The Morgan fingerprint density at radius 1 is 1.28 bits per heavy atom. The lowest BCUT2D eigenvalue weighted by Gasteiger charge is -2.28. The summed E-state index contributed by atoms with van der Waals surface area (Å²) in [7, 11) is 0. The average molecular weight is 243 g/mol. The molecule has 1 heteroatoms. The van der Waals surface area contributed by atoms with Crippen LogP contribution in [0.25, 0.3) is 0 Å². The highest BCUT2D eigenvalue weighted by Gasteiger charge is 2.42. The Kier molecular flexibility index (Phi) is 3.43. The van der Waals surface area contributed by atoms with E-state index in [0.29, 0.717) is 0 Å². The molecule has 2 aliphatic carbocycles. The van der Waals surface area contributed by atoms with Crippen LogP contribution in [-0.4, -0.2) is 0 Å². The Bertz CT molecular complexity index is 412. The fraction of sp³-hybridized carbons (Fsp3) is 0.647. The van der Waals surface area contributed by atoms with Gasteiger partial charge in [0.15, 0.2) is 0 Å². The largest absolute Gasteiger partial charge is 0.324 e. The molecule has 1 nitrogen and oxygen atoms in total. The van der Waals surface area contributed by atoms with E-state index in [-0.39, 0.29) is 6.04 Å². The summed E-state index contributed by atoms with van der Waals surface area (Å²) in [6, 6.07) is 9.28. The molecule has 0 saturated heterocycles. The summed E-state index contributed by atoms with van der Waals surface area (Å²) < 4.78 is 0. The molecule has 2 aliphatic rings. The normalized spacial score (nSPS) is 31.8. The molecule has 0 aliphatic heterocycles. The molecule has 0 spiro atoms. The molecule has 0 radical (unpaired) electrons. The molecule has 3 rings (SSSR count). The van der Waals surface area contributed by atoms with Crippen molar-refractivity contribution in [1.29, 1.82) is 0 Å². The zero-order valence-electron chi connectivity index (χ0n) is 11.4. The third-order valence-electron chi connectivity index (χ3n) is 5.13. The van der Waals surface area contributed by atoms with Gasteiger partial charge in [-0.05, 0) is 54.6 Å². The van der Waals surface area contributed by atoms with Gasteiger partial charge in [0.2, 0.25) is 0 Å². The maximum atomic E-state index is 6.55. The third-order valence-corrected chi connectivity index (χ3v) is 5.13. The molecule has 2 fully saturated rings. The van der Waals surface area contributed by atoms with Crippen molar-refractivity contribution in [1.82, 2.24) is 0 Å². The third kappa shape index (κ3) is 2.21. The van der Waals surface area contributed by atoms with Crippen molar-refractivity contribution < 1.29 is 0 Å². The fourth-order valence-electron chi connectivity index (χ4n) is 4.23. The first-order valence-electron chi connectivity index (χ1n) is 7.62. The molecule has 98 valence electrons. The smallest absolute Gasteiger partial charge is 0.0326 e. The van der Waals surface area contributed by atoms with Gasteiger partial charge >= 0.3 is 0 Å². The van der Waals surface area contributed by atoms with Crippen LogP contribution in [0.15, 0.2) is 24.3 Å². The van der Waals surface area contributed by atoms with Gasteiger partial charge in [0.05, 0.1) is 0 Å². The van der Waals surface area contributed by atoms with Crippen LogP contribution in [0.5, 0.6) is 0 Å². The van der Waals surface area contributed by atoms with E-state index in [0.717, 1.165) is 17.8 Å². The van der Waals surface area contributed by atoms with E-state index in [4.69, 9.17) is 5.73 Å². The molecule has 0 amide bonds. The van der Waals surface area contributed by atoms with Gasteiger partial charge in [-0.15, -0.1) is 0 Å². The quantitative estimate of drug-likeness (QED) is 0.847. The molecule has 2 saturated carbocycles. The van der Waals surface area contributed by atoms with Crippen LogP contribution in [0, 0.1) is 17.8 Å². The van der Waals surface area contributed by atoms with Gasteiger partial charge in [0, 0.05) is 6.04 Å². The molecule has 4 unspecified atom stereocenters. The highest BCUT2D eigenvalue weighted by molar-refractivity contribution is 5.27. The summed E-state index contributed by atoms with van der Waals surface area (Å²) in [6.07, 6.45) is 8.11. The summed E-state index contributed by atoms with van der Waals surface area (Å²) in [4.78, 5) is 0. The van der Waals surface area contributed by atoms with Crippen molar-refractivity contribution in [2.75, 3.05) is 0 Å². The van der Waals surface area contributed by atoms with Crippen LogP contribution in [-0.2, 0) is 6.42 Å². The number of rotatable bonds is 4. The second-order valence-corrected chi connectivity index (χ2v) is 6.36. The maximum Gasteiger partial charge on any atom is 0.0326 e. The number of aryl methyl sites for hydroxylation is 1. The molecule has 2 N–H and O–H groups in total. The van der Waals surface area contributed by atoms with Crippen molar-refractivity contribution in [2.24, 2.45) is 23.5 Å². The Hall–Kier alpha value is -0.820. The monoisotopic (exact) mass is 243 g/mol. The van der Waals surface area contributed by atoms with Gasteiger partial charge in [-0.2, -0.15) is 0 Å². The predicted molar refractivity (Wildman–Crippen MR) is 76.3 cm³/mol. The van der Waals surface area contributed by atoms with Crippen molar-refractivity contribution in [3.05, 3.63) is 35.4 Å². The Morgan fingerprint density at radius 3 is 2.83 bits per heavy atom. The topological polar surface area (TPSA) is 26.0 Å². The number of hydrogen-bond acceptors (Lipinski definition) is 1. The highest BCUT2D eigenvalue weighted by atomic mass is 14.7. The van der Waals surface area contributed by atoms with Crippen molar-refractivity contribution in [2.45, 2.75) is 51.5 Å². The second kappa shape index (κ2) is 5.05. The lowest BCUT2D eigenvalue weighted by atomic mass is 9.80. The number of fused-ring (bicyclic) bond motifs is 2. The first-order valence-corrected chi connectivity index (χ1v) is 7.62. The average Bonchev–Trinajstić information content (AvgIpc) is 3.01. The van der Waals surface area contributed by atoms with Gasteiger partial charge in [0.1, 0.15) is 0 Å². The van der Waals surface area contributed by atoms with E-state index >= 15 is 0 Å². The molecule has 0 aromatic heterocycles. The Morgan fingerprint density at radius 2 is 2.17 bits per heavy atom. The minimum Gasteiger partial charge on any atom is -0.324 e. The van der Waals surface area contributed by atoms with Crippen molar-refractivity contribution >= 4 is 0 Å². The van der Waals surface area contributed by atoms with Crippen LogP contribution in [0.4, 0.5) is 0 Å². The standard InChI is InChI=1S/C17H25N/c1-2-4-12-5-3-6-15(9-12)17(18)16-11-13-7-8-14(16)10-13/h3,5-6,9,13-14,16-17H,2,4,7-8,10-11,18H2,1H3. The summed E-state index contributed by atoms with van der Waals surface area (Å²) in [5, 5.41) is 0. The molecule has 1 aromatic rings. The summed E-state index contributed by atoms with van der Waals surface area (Å²) in [5.41, 5.74) is 9.38. The molecular formula is C17H25N. The van der Waals surface area contributed by atoms with E-state index < -0.39 is 0 Å². The summed E-state index contributed by atoms with van der Waals surface area (Å²) >= 11 is 0. The molecule has 2 bridgehead atoms. The van der Waals surface area contributed by atoms with E-state index in [2.05, 4.69) is 31.2 Å². The minimum absolute atomic E-state index is 0.275. The molecule has 1 aromatic carbocycles. The minimum atomic E-state index is 0.275. The highest BCUT2D eigenvalue weighted by Crippen LogP contribution is 2.51. The van der Waals surface area contributed by atoms with Crippen LogP contribution in [0.1, 0.15) is 56.2 Å². The lowest BCUT2D eigenvalue weighted by Crippen LogP contribution is -2.26. The van der Waals surface area contributed by atoms with Crippen LogP contribution in [0.2, 0.25) is 0 Å². The molecule has 0 heterocycles. The summed E-state index contributed by atoms with van der Waals surface area (Å²) in [6.45, 7) is 2.24. The zero-order chi connectivity index (χ0) is 12.5. The van der Waals surface area contributed by atoms with Gasteiger partial charge < -0.3 is 5.73 Å². The van der Waals surface area contributed by atoms with E-state index in [1.54, 1.807) is 0 Å². The van der Waals surface area contributed by atoms with Crippen molar-refractivity contribution in [3.63, 3.8) is 0 Å². The zero-order valence-corrected chi connectivity index (χ0v) is 11.4. The van der Waals surface area contributed by atoms with Gasteiger partial charge in [-0.1, -0.05) is 44.0 Å². The Balaban J connectivity index is 1.75. The van der Waals surface area contributed by atoms with Gasteiger partial charge in [-0.3, -0.25) is 0 Å².